The van der Waals surface area contributed by atoms with Gasteiger partial charge in [0.05, 0.1) is 23.3 Å². The zero-order valence-corrected chi connectivity index (χ0v) is 18.8. The zero-order chi connectivity index (χ0) is 21.3. The average Bonchev–Trinajstić information content (AvgIpc) is 3.41. The van der Waals surface area contributed by atoms with E-state index in [4.69, 9.17) is 12.2 Å². The van der Waals surface area contributed by atoms with E-state index in [1.54, 1.807) is 16.2 Å². The second kappa shape index (κ2) is 8.65. The number of carbonyl (C=O) groups excluding carboxylic acids is 1. The van der Waals surface area contributed by atoms with E-state index < -0.39 is 5.92 Å². The third kappa shape index (κ3) is 3.54. The van der Waals surface area contributed by atoms with E-state index in [1.165, 1.54) is 28.0 Å². The number of terminal acetylenes is 1. The smallest absolute Gasteiger partial charge is 0.219 e. The van der Waals surface area contributed by atoms with Crippen LogP contribution in [0.2, 0.25) is 0 Å². The molecule has 0 saturated heterocycles. The monoisotopic (exact) mass is 453 g/mol. The lowest BCUT2D eigenvalue weighted by molar-refractivity contribution is -0.116. The topological polar surface area (TPSA) is 95.9 Å². The van der Waals surface area contributed by atoms with Gasteiger partial charge in [0.15, 0.2) is 10.1 Å². The first-order valence-corrected chi connectivity index (χ1v) is 12.1. The number of Topliss-reactive ketones (excluding diaryl/α,β-unsaturated/α-hetero) is 1. The van der Waals surface area contributed by atoms with Crippen molar-refractivity contribution < 1.29 is 4.79 Å². The van der Waals surface area contributed by atoms with Gasteiger partial charge in [0.2, 0.25) is 5.13 Å². The summed E-state index contributed by atoms with van der Waals surface area (Å²) in [5, 5.41) is 19.0. The Hall–Kier alpha value is -2.59. The maximum Gasteiger partial charge on any atom is 0.219 e. The summed E-state index contributed by atoms with van der Waals surface area (Å²) in [7, 11) is 0. The Morgan fingerprint density at radius 1 is 1.37 bits per heavy atom. The molecule has 2 aromatic heterocycles. The number of rotatable bonds is 5. The van der Waals surface area contributed by atoms with Crippen LogP contribution < -0.4 is 10.6 Å². The Balaban J connectivity index is 1.86. The van der Waals surface area contributed by atoms with Crippen LogP contribution in [-0.4, -0.2) is 21.7 Å². The van der Waals surface area contributed by atoms with Gasteiger partial charge < -0.3 is 5.73 Å². The molecule has 1 atom stereocenters. The second-order valence-electron chi connectivity index (χ2n) is 6.82. The van der Waals surface area contributed by atoms with Gasteiger partial charge in [0, 0.05) is 27.4 Å². The predicted octanol–water partition coefficient (Wildman–Crippen LogP) is 4.19. The van der Waals surface area contributed by atoms with E-state index in [0.29, 0.717) is 40.7 Å². The van der Waals surface area contributed by atoms with Gasteiger partial charge in [-0.05, 0) is 31.4 Å². The Labute approximate surface area is 187 Å². The number of aromatic nitrogens is 2. The van der Waals surface area contributed by atoms with Gasteiger partial charge >= 0.3 is 0 Å². The molecule has 0 radical (unpaired) electrons. The SMILES string of the molecule is C#CCSc1nnc(N2C(N)=C(C#N)C(c3ccc(CC)s3)C3=C2CCCC3=O)s1. The number of ketones is 1. The van der Waals surface area contributed by atoms with Crippen LogP contribution in [0.5, 0.6) is 0 Å². The molecule has 3 heterocycles. The fourth-order valence-electron chi connectivity index (χ4n) is 3.78. The number of carbonyl (C=O) groups is 1. The first-order valence-electron chi connectivity index (χ1n) is 9.53. The van der Waals surface area contributed by atoms with Crippen LogP contribution in [0.25, 0.3) is 0 Å². The van der Waals surface area contributed by atoms with Crippen LogP contribution in [-0.2, 0) is 11.2 Å². The van der Waals surface area contributed by atoms with Gasteiger partial charge in [-0.15, -0.1) is 28.0 Å². The number of nitrogens with zero attached hydrogens (tertiary/aromatic N) is 4. The summed E-state index contributed by atoms with van der Waals surface area (Å²) in [4.78, 5) is 17.0. The molecule has 2 aliphatic rings. The molecule has 0 saturated carbocycles. The van der Waals surface area contributed by atoms with Crippen LogP contribution in [0.4, 0.5) is 5.13 Å². The van der Waals surface area contributed by atoms with Gasteiger partial charge in [0.1, 0.15) is 5.82 Å². The zero-order valence-electron chi connectivity index (χ0n) is 16.3. The van der Waals surface area contributed by atoms with E-state index >= 15 is 0 Å². The molecule has 0 amide bonds. The Morgan fingerprint density at radius 3 is 2.90 bits per heavy atom. The van der Waals surface area contributed by atoms with E-state index in [9.17, 15) is 10.1 Å². The fraction of sp³-hybridized carbons (Fsp3) is 0.333. The standard InChI is InChI=1S/C21H19N5OS3/c1-3-10-28-21-25-24-20(30-21)26-14-6-5-7-15(27)18(14)17(13(11-22)19(26)23)16-9-8-12(4-2)29-16/h1,8-9,17H,4-7,10,23H2,2H3. The molecule has 1 aliphatic heterocycles. The minimum absolute atomic E-state index is 0.0735. The highest BCUT2D eigenvalue weighted by molar-refractivity contribution is 8.01. The number of hydrogen-bond acceptors (Lipinski definition) is 9. The van der Waals surface area contributed by atoms with Gasteiger partial charge in [-0.3, -0.25) is 9.69 Å². The number of nitrogens with two attached hydrogens (primary N) is 1. The molecule has 0 spiro atoms. The van der Waals surface area contributed by atoms with Crippen molar-refractivity contribution in [3.05, 3.63) is 44.6 Å². The maximum atomic E-state index is 13.1. The van der Waals surface area contributed by atoms with Crippen molar-refractivity contribution in [2.75, 3.05) is 10.7 Å². The molecule has 1 unspecified atom stereocenters. The van der Waals surface area contributed by atoms with Crippen molar-refractivity contribution in [1.29, 1.82) is 5.26 Å². The first-order chi connectivity index (χ1) is 14.6. The number of thioether (sulfide) groups is 1. The van der Waals surface area contributed by atoms with Crippen LogP contribution in [0.3, 0.4) is 0 Å². The molecule has 2 aromatic rings. The summed E-state index contributed by atoms with van der Waals surface area (Å²) in [6.45, 7) is 2.09. The van der Waals surface area contributed by atoms with Crippen molar-refractivity contribution in [3.63, 3.8) is 0 Å². The highest BCUT2D eigenvalue weighted by Crippen LogP contribution is 2.48. The summed E-state index contributed by atoms with van der Waals surface area (Å²) < 4.78 is 0.728. The summed E-state index contributed by atoms with van der Waals surface area (Å²) in [6, 6.07) is 6.36. The highest BCUT2D eigenvalue weighted by atomic mass is 32.2. The largest absolute Gasteiger partial charge is 0.384 e. The summed E-state index contributed by atoms with van der Waals surface area (Å²) in [6.07, 6.45) is 8.18. The molecule has 30 heavy (non-hydrogen) atoms. The summed E-state index contributed by atoms with van der Waals surface area (Å²) >= 11 is 4.42. The van der Waals surface area contributed by atoms with Crippen LogP contribution in [0, 0.1) is 23.7 Å². The molecule has 0 fully saturated rings. The van der Waals surface area contributed by atoms with Crippen molar-refractivity contribution in [2.45, 2.75) is 42.9 Å². The Bertz CT molecular complexity index is 1140. The maximum absolute atomic E-state index is 13.1. The lowest BCUT2D eigenvalue weighted by Crippen LogP contribution is -2.38. The minimum Gasteiger partial charge on any atom is -0.384 e. The third-order valence-electron chi connectivity index (χ3n) is 5.09. The number of nitriles is 1. The van der Waals surface area contributed by atoms with Crippen LogP contribution >= 0.6 is 34.4 Å². The minimum atomic E-state index is -0.414. The third-order valence-corrected chi connectivity index (χ3v) is 8.34. The number of anilines is 1. The number of hydrogen-bond donors (Lipinski definition) is 1. The number of aryl methyl sites for hydroxylation is 1. The van der Waals surface area contributed by atoms with Crippen molar-refractivity contribution in [1.82, 2.24) is 10.2 Å². The van der Waals surface area contributed by atoms with Gasteiger partial charge in [0.25, 0.3) is 0 Å². The van der Waals surface area contributed by atoms with E-state index in [2.05, 4.69) is 35.2 Å². The molecular weight excluding hydrogens is 434 g/mol. The normalized spacial score (nSPS) is 19.0. The van der Waals surface area contributed by atoms with Crippen LogP contribution in [0.15, 0.2) is 39.1 Å². The predicted molar refractivity (Wildman–Crippen MR) is 121 cm³/mol. The Kier molecular flexibility index (Phi) is 5.96. The van der Waals surface area contributed by atoms with Gasteiger partial charge in [-0.25, -0.2) is 0 Å². The lowest BCUT2D eigenvalue weighted by atomic mass is 9.78. The number of thiophene rings is 1. The second-order valence-corrected chi connectivity index (χ2v) is 10.2. The highest BCUT2D eigenvalue weighted by Gasteiger charge is 2.41. The molecule has 1 aliphatic carbocycles. The van der Waals surface area contributed by atoms with Gasteiger partial charge in [-0.1, -0.05) is 35.9 Å². The Morgan fingerprint density at radius 2 is 2.20 bits per heavy atom. The van der Waals surface area contributed by atoms with E-state index in [0.717, 1.165) is 27.8 Å². The molecule has 9 heteroatoms. The van der Waals surface area contributed by atoms with Crippen molar-refractivity contribution in [2.24, 2.45) is 5.73 Å². The molecule has 6 nitrogen and oxygen atoms in total. The van der Waals surface area contributed by atoms with Crippen molar-refractivity contribution in [3.8, 4) is 18.4 Å². The van der Waals surface area contributed by atoms with E-state index in [1.807, 2.05) is 6.07 Å². The number of allylic oxidation sites excluding steroid dienone is 3. The molecule has 0 aromatic carbocycles. The summed E-state index contributed by atoms with van der Waals surface area (Å²) in [5.74, 6) is 3.05. The van der Waals surface area contributed by atoms with Crippen molar-refractivity contribution >= 4 is 45.4 Å². The molecule has 0 bridgehead atoms. The fourth-order valence-corrected chi connectivity index (χ4v) is 6.42. The quantitative estimate of drug-likeness (QED) is 0.535. The first kappa shape index (κ1) is 20.7. The molecule has 2 N–H and O–H groups in total. The lowest BCUT2D eigenvalue weighted by Gasteiger charge is -2.37. The molecule has 4 rings (SSSR count). The van der Waals surface area contributed by atoms with Gasteiger partial charge in [-0.2, -0.15) is 5.26 Å². The average molecular weight is 454 g/mol. The molecule has 152 valence electrons. The summed E-state index contributed by atoms with van der Waals surface area (Å²) in [5.41, 5.74) is 8.43. The molecular formula is C21H19N5OS3. The van der Waals surface area contributed by atoms with Crippen LogP contribution in [0.1, 0.15) is 41.9 Å². The van der Waals surface area contributed by atoms with E-state index in [-0.39, 0.29) is 5.78 Å².